The Kier molecular flexibility index (Phi) is 3.84. The Morgan fingerprint density at radius 2 is 2.05 bits per heavy atom. The summed E-state index contributed by atoms with van der Waals surface area (Å²) in [6, 6.07) is 4.42. The number of carboxylic acid groups (broad SMARTS) is 1. The van der Waals surface area contributed by atoms with Crippen LogP contribution in [0.2, 0.25) is 0 Å². The number of carbonyl (C=O) groups excluding carboxylic acids is 2. The Labute approximate surface area is 120 Å². The van der Waals surface area contributed by atoms with Gasteiger partial charge in [-0.05, 0) is 25.1 Å². The number of Topliss-reactive ketones (excluding diaryl/α,β-unsaturated/α-hetero) is 1. The Morgan fingerprint density at radius 1 is 1.33 bits per heavy atom. The standard InChI is InChI=1S/C14H13N3O4/c1-8(18)9-6-11(17(2)7-9)13(19)16-10-4-3-5-15-12(10)14(20)21/h3-7H,1-2H3,(H,16,19)(H,20,21). The van der Waals surface area contributed by atoms with Gasteiger partial charge in [0.15, 0.2) is 11.5 Å². The number of hydrogen-bond acceptors (Lipinski definition) is 4. The molecule has 0 aliphatic carbocycles. The van der Waals surface area contributed by atoms with Crippen LogP contribution in [0.4, 0.5) is 5.69 Å². The van der Waals surface area contributed by atoms with Crippen LogP contribution in [0.5, 0.6) is 0 Å². The fourth-order valence-electron chi connectivity index (χ4n) is 1.85. The predicted octanol–water partition coefficient (Wildman–Crippen LogP) is 1.57. The molecule has 7 heteroatoms. The second-order valence-corrected chi connectivity index (χ2v) is 4.44. The Hall–Kier alpha value is -2.96. The zero-order valence-corrected chi connectivity index (χ0v) is 11.5. The quantitative estimate of drug-likeness (QED) is 0.831. The van der Waals surface area contributed by atoms with E-state index in [-0.39, 0.29) is 22.9 Å². The van der Waals surface area contributed by atoms with Crippen LogP contribution in [0, 0.1) is 0 Å². The number of carbonyl (C=O) groups is 3. The number of rotatable bonds is 4. The lowest BCUT2D eigenvalue weighted by Gasteiger charge is -2.07. The van der Waals surface area contributed by atoms with E-state index in [2.05, 4.69) is 10.3 Å². The average Bonchev–Trinajstić information content (AvgIpc) is 2.81. The third-order valence-corrected chi connectivity index (χ3v) is 2.90. The molecule has 7 nitrogen and oxygen atoms in total. The zero-order valence-electron chi connectivity index (χ0n) is 11.5. The van der Waals surface area contributed by atoms with Gasteiger partial charge in [0.2, 0.25) is 0 Å². The molecule has 2 N–H and O–H groups in total. The van der Waals surface area contributed by atoms with Crippen molar-refractivity contribution in [3.05, 3.63) is 47.5 Å². The molecule has 2 aromatic heterocycles. The fourth-order valence-corrected chi connectivity index (χ4v) is 1.85. The van der Waals surface area contributed by atoms with Gasteiger partial charge in [0.1, 0.15) is 5.69 Å². The van der Waals surface area contributed by atoms with E-state index in [9.17, 15) is 14.4 Å². The van der Waals surface area contributed by atoms with Crippen molar-refractivity contribution in [3.63, 3.8) is 0 Å². The Bertz CT molecular complexity index is 734. The molecule has 0 saturated heterocycles. The maximum Gasteiger partial charge on any atom is 0.356 e. The first-order valence-corrected chi connectivity index (χ1v) is 6.07. The molecule has 108 valence electrons. The minimum atomic E-state index is -1.23. The van der Waals surface area contributed by atoms with Gasteiger partial charge >= 0.3 is 5.97 Å². The lowest BCUT2D eigenvalue weighted by molar-refractivity contribution is 0.0691. The SMILES string of the molecule is CC(=O)c1cc(C(=O)Nc2cccnc2C(=O)O)n(C)c1. The summed E-state index contributed by atoms with van der Waals surface area (Å²) in [5, 5.41) is 11.5. The smallest absolute Gasteiger partial charge is 0.356 e. The van der Waals surface area contributed by atoms with Gasteiger partial charge in [0.25, 0.3) is 5.91 Å². The summed E-state index contributed by atoms with van der Waals surface area (Å²) >= 11 is 0. The minimum absolute atomic E-state index is 0.0978. The summed E-state index contributed by atoms with van der Waals surface area (Å²) in [7, 11) is 1.63. The van der Waals surface area contributed by atoms with E-state index >= 15 is 0 Å². The van der Waals surface area contributed by atoms with Crippen molar-refractivity contribution >= 4 is 23.3 Å². The number of pyridine rings is 1. The van der Waals surface area contributed by atoms with Crippen molar-refractivity contribution in [1.82, 2.24) is 9.55 Å². The molecule has 0 bridgehead atoms. The first-order valence-electron chi connectivity index (χ1n) is 6.07. The average molecular weight is 287 g/mol. The normalized spacial score (nSPS) is 10.2. The number of aryl methyl sites for hydroxylation is 1. The summed E-state index contributed by atoms with van der Waals surface area (Å²) in [6.07, 6.45) is 2.87. The monoisotopic (exact) mass is 287 g/mol. The molecule has 0 spiro atoms. The van der Waals surface area contributed by atoms with Crippen molar-refractivity contribution < 1.29 is 19.5 Å². The van der Waals surface area contributed by atoms with E-state index in [1.165, 1.54) is 35.9 Å². The summed E-state index contributed by atoms with van der Waals surface area (Å²) in [5.41, 5.74) is 0.514. The summed E-state index contributed by atoms with van der Waals surface area (Å²) in [6.45, 7) is 1.40. The van der Waals surface area contributed by atoms with Crippen LogP contribution in [-0.4, -0.2) is 32.3 Å². The topological polar surface area (TPSA) is 101 Å². The fraction of sp³-hybridized carbons (Fsp3) is 0.143. The molecule has 0 aromatic carbocycles. The largest absolute Gasteiger partial charge is 0.476 e. The highest BCUT2D eigenvalue weighted by atomic mass is 16.4. The highest BCUT2D eigenvalue weighted by Crippen LogP contribution is 2.15. The predicted molar refractivity (Wildman–Crippen MR) is 74.6 cm³/mol. The van der Waals surface area contributed by atoms with E-state index in [0.29, 0.717) is 5.56 Å². The van der Waals surface area contributed by atoms with Gasteiger partial charge < -0.3 is 15.0 Å². The maximum atomic E-state index is 12.2. The molecule has 0 aliphatic heterocycles. The third kappa shape index (κ3) is 2.97. The second kappa shape index (κ2) is 5.58. The number of nitrogens with zero attached hydrogens (tertiary/aromatic N) is 2. The maximum absolute atomic E-state index is 12.2. The summed E-state index contributed by atoms with van der Waals surface area (Å²) in [5.74, 6) is -1.90. The first kappa shape index (κ1) is 14.4. The highest BCUT2D eigenvalue weighted by Gasteiger charge is 2.17. The van der Waals surface area contributed by atoms with Crippen LogP contribution in [0.3, 0.4) is 0 Å². The lowest BCUT2D eigenvalue weighted by Crippen LogP contribution is -2.18. The van der Waals surface area contributed by atoms with Crippen LogP contribution in [-0.2, 0) is 7.05 Å². The first-order chi connectivity index (χ1) is 9.90. The van der Waals surface area contributed by atoms with Crippen molar-refractivity contribution in [1.29, 1.82) is 0 Å². The Morgan fingerprint density at radius 3 is 2.62 bits per heavy atom. The van der Waals surface area contributed by atoms with E-state index in [1.54, 1.807) is 13.2 Å². The molecular formula is C14H13N3O4. The Balaban J connectivity index is 2.31. The molecule has 0 radical (unpaired) electrons. The highest BCUT2D eigenvalue weighted by molar-refractivity contribution is 6.07. The van der Waals surface area contributed by atoms with Crippen LogP contribution in [0.1, 0.15) is 38.3 Å². The molecule has 1 amide bonds. The molecule has 0 fully saturated rings. The van der Waals surface area contributed by atoms with Gasteiger partial charge in [-0.3, -0.25) is 9.59 Å². The van der Waals surface area contributed by atoms with Crippen LogP contribution in [0.25, 0.3) is 0 Å². The van der Waals surface area contributed by atoms with Gasteiger partial charge in [0.05, 0.1) is 5.69 Å². The van der Waals surface area contributed by atoms with Gasteiger partial charge in [0, 0.05) is 25.0 Å². The molecule has 2 aromatic rings. The lowest BCUT2D eigenvalue weighted by atomic mass is 10.2. The van der Waals surface area contributed by atoms with Crippen molar-refractivity contribution in [2.24, 2.45) is 7.05 Å². The van der Waals surface area contributed by atoms with E-state index in [4.69, 9.17) is 5.11 Å². The molecule has 2 rings (SSSR count). The minimum Gasteiger partial charge on any atom is -0.476 e. The van der Waals surface area contributed by atoms with Crippen LogP contribution in [0.15, 0.2) is 30.6 Å². The molecule has 0 aliphatic rings. The number of anilines is 1. The van der Waals surface area contributed by atoms with Crippen molar-refractivity contribution in [2.45, 2.75) is 6.92 Å². The van der Waals surface area contributed by atoms with E-state index in [0.717, 1.165) is 0 Å². The van der Waals surface area contributed by atoms with Crippen LogP contribution < -0.4 is 5.32 Å². The number of hydrogen-bond donors (Lipinski definition) is 2. The van der Waals surface area contributed by atoms with E-state index < -0.39 is 11.9 Å². The third-order valence-electron chi connectivity index (χ3n) is 2.90. The molecule has 21 heavy (non-hydrogen) atoms. The summed E-state index contributed by atoms with van der Waals surface area (Å²) in [4.78, 5) is 38.2. The molecule has 0 saturated carbocycles. The molecule has 0 atom stereocenters. The number of aromatic nitrogens is 2. The van der Waals surface area contributed by atoms with Gasteiger partial charge in [-0.15, -0.1) is 0 Å². The van der Waals surface area contributed by atoms with Gasteiger partial charge in [-0.25, -0.2) is 9.78 Å². The number of amides is 1. The number of aromatic carboxylic acids is 1. The van der Waals surface area contributed by atoms with Crippen LogP contribution >= 0.6 is 0 Å². The zero-order chi connectivity index (χ0) is 15.6. The van der Waals surface area contributed by atoms with Gasteiger partial charge in [-0.1, -0.05) is 0 Å². The number of ketones is 1. The van der Waals surface area contributed by atoms with Crippen molar-refractivity contribution in [2.75, 3.05) is 5.32 Å². The second-order valence-electron chi connectivity index (χ2n) is 4.44. The number of carboxylic acids is 1. The number of nitrogens with one attached hydrogen (secondary N) is 1. The van der Waals surface area contributed by atoms with Gasteiger partial charge in [-0.2, -0.15) is 0 Å². The van der Waals surface area contributed by atoms with E-state index in [1.807, 2.05) is 0 Å². The molecule has 2 heterocycles. The summed E-state index contributed by atoms with van der Waals surface area (Å²) < 4.78 is 1.50. The van der Waals surface area contributed by atoms with Crippen molar-refractivity contribution in [3.8, 4) is 0 Å². The molecule has 0 unspecified atom stereocenters. The molecular weight excluding hydrogens is 274 g/mol.